The smallest absolute Gasteiger partial charge is 0.317 e. The average molecular weight is 338 g/mol. The van der Waals surface area contributed by atoms with E-state index >= 15 is 0 Å². The number of thiazole rings is 1. The van der Waals surface area contributed by atoms with E-state index in [1.54, 1.807) is 29.5 Å². The highest BCUT2D eigenvalue weighted by Gasteiger charge is 2.18. The Balaban J connectivity index is 1.92. The summed E-state index contributed by atoms with van der Waals surface area (Å²) >= 11 is 7.77. The van der Waals surface area contributed by atoms with Crippen molar-refractivity contribution in [2.75, 3.05) is 13.6 Å². The van der Waals surface area contributed by atoms with E-state index < -0.39 is 0 Å². The molecule has 0 radical (unpaired) electrons. The van der Waals surface area contributed by atoms with Crippen LogP contribution in [-0.2, 0) is 0 Å². The molecule has 22 heavy (non-hydrogen) atoms. The standard InChI is InChI=1S/C16H20ClN3OS/c1-11(15-18-8-9-22-15)10-20(3)16(21)19-12(2)13-6-4-5-7-14(13)17/h4-9,11-12H,10H2,1-3H3,(H,19,21)/t11?,12-/m1/s1. The van der Waals surface area contributed by atoms with Crippen molar-refractivity contribution < 1.29 is 4.79 Å². The van der Waals surface area contributed by atoms with Crippen molar-refractivity contribution in [1.29, 1.82) is 0 Å². The van der Waals surface area contributed by atoms with Gasteiger partial charge in [-0.3, -0.25) is 0 Å². The van der Waals surface area contributed by atoms with E-state index in [9.17, 15) is 4.79 Å². The largest absolute Gasteiger partial charge is 0.331 e. The van der Waals surface area contributed by atoms with Gasteiger partial charge in [-0.05, 0) is 18.6 Å². The van der Waals surface area contributed by atoms with Gasteiger partial charge in [-0.1, -0.05) is 36.7 Å². The van der Waals surface area contributed by atoms with E-state index in [0.717, 1.165) is 10.6 Å². The molecular weight excluding hydrogens is 318 g/mol. The van der Waals surface area contributed by atoms with Crippen LogP contribution in [0.4, 0.5) is 4.79 Å². The topological polar surface area (TPSA) is 45.2 Å². The molecule has 0 fully saturated rings. The van der Waals surface area contributed by atoms with Crippen LogP contribution in [0.1, 0.15) is 36.4 Å². The minimum absolute atomic E-state index is 0.115. The van der Waals surface area contributed by atoms with Crippen LogP contribution in [0.3, 0.4) is 0 Å². The van der Waals surface area contributed by atoms with Crippen LogP contribution in [-0.4, -0.2) is 29.5 Å². The van der Waals surface area contributed by atoms with Gasteiger partial charge in [-0.2, -0.15) is 0 Å². The number of rotatable bonds is 5. The van der Waals surface area contributed by atoms with Crippen LogP contribution in [0.5, 0.6) is 0 Å². The van der Waals surface area contributed by atoms with E-state index in [2.05, 4.69) is 17.2 Å². The van der Waals surface area contributed by atoms with Gasteiger partial charge in [0, 0.05) is 36.1 Å². The van der Waals surface area contributed by atoms with Crippen LogP contribution < -0.4 is 5.32 Å². The van der Waals surface area contributed by atoms with Gasteiger partial charge in [0.1, 0.15) is 0 Å². The van der Waals surface area contributed by atoms with Gasteiger partial charge in [0.05, 0.1) is 11.0 Å². The molecule has 6 heteroatoms. The van der Waals surface area contributed by atoms with Crippen molar-refractivity contribution in [3.05, 3.63) is 51.4 Å². The summed E-state index contributed by atoms with van der Waals surface area (Å²) in [6.07, 6.45) is 1.79. The molecule has 2 amide bonds. The Morgan fingerprint density at radius 3 is 2.77 bits per heavy atom. The fourth-order valence-corrected chi connectivity index (χ4v) is 3.24. The third-order valence-electron chi connectivity index (χ3n) is 3.48. The summed E-state index contributed by atoms with van der Waals surface area (Å²) in [5, 5.41) is 6.62. The summed E-state index contributed by atoms with van der Waals surface area (Å²) in [7, 11) is 1.79. The van der Waals surface area contributed by atoms with Crippen molar-refractivity contribution in [3.8, 4) is 0 Å². The monoisotopic (exact) mass is 337 g/mol. The van der Waals surface area contributed by atoms with Gasteiger partial charge in [-0.25, -0.2) is 9.78 Å². The molecule has 4 nitrogen and oxygen atoms in total. The highest BCUT2D eigenvalue weighted by atomic mass is 35.5. The highest BCUT2D eigenvalue weighted by molar-refractivity contribution is 7.09. The maximum Gasteiger partial charge on any atom is 0.317 e. The summed E-state index contributed by atoms with van der Waals surface area (Å²) in [6, 6.07) is 7.29. The van der Waals surface area contributed by atoms with Crippen LogP contribution in [0.15, 0.2) is 35.8 Å². The minimum Gasteiger partial charge on any atom is -0.331 e. The first-order valence-electron chi connectivity index (χ1n) is 7.14. The number of aromatic nitrogens is 1. The maximum atomic E-state index is 12.3. The number of amides is 2. The van der Waals surface area contributed by atoms with Gasteiger partial charge in [0.2, 0.25) is 0 Å². The van der Waals surface area contributed by atoms with Gasteiger partial charge >= 0.3 is 6.03 Å². The third kappa shape index (κ3) is 4.21. The lowest BCUT2D eigenvalue weighted by Gasteiger charge is -2.24. The molecule has 1 N–H and O–H groups in total. The lowest BCUT2D eigenvalue weighted by molar-refractivity contribution is 0.203. The molecule has 118 valence electrons. The molecule has 0 aliphatic carbocycles. The van der Waals surface area contributed by atoms with Crippen LogP contribution in [0.2, 0.25) is 5.02 Å². The second-order valence-electron chi connectivity index (χ2n) is 5.34. The number of hydrogen-bond donors (Lipinski definition) is 1. The first-order valence-corrected chi connectivity index (χ1v) is 8.40. The van der Waals surface area contributed by atoms with Crippen molar-refractivity contribution >= 4 is 29.0 Å². The molecule has 2 rings (SSSR count). The van der Waals surface area contributed by atoms with E-state index in [4.69, 9.17) is 11.6 Å². The number of urea groups is 1. The van der Waals surface area contributed by atoms with E-state index in [0.29, 0.717) is 11.6 Å². The number of halogens is 1. The average Bonchev–Trinajstić information content (AvgIpc) is 3.01. The van der Waals surface area contributed by atoms with Crippen LogP contribution in [0.25, 0.3) is 0 Å². The number of carbonyl (C=O) groups excluding carboxylic acids is 1. The molecule has 0 saturated carbocycles. The van der Waals surface area contributed by atoms with Gasteiger partial charge in [-0.15, -0.1) is 11.3 Å². The van der Waals surface area contributed by atoms with Crippen molar-refractivity contribution in [2.45, 2.75) is 25.8 Å². The van der Waals surface area contributed by atoms with Crippen molar-refractivity contribution in [1.82, 2.24) is 15.2 Å². The van der Waals surface area contributed by atoms with Crippen molar-refractivity contribution in [3.63, 3.8) is 0 Å². The number of nitrogens with one attached hydrogen (secondary N) is 1. The number of hydrogen-bond acceptors (Lipinski definition) is 3. The predicted octanol–water partition coefficient (Wildman–Crippen LogP) is 4.30. The lowest BCUT2D eigenvalue weighted by atomic mass is 10.1. The van der Waals surface area contributed by atoms with E-state index in [1.165, 1.54) is 0 Å². The summed E-state index contributed by atoms with van der Waals surface area (Å²) < 4.78 is 0. The molecule has 2 aromatic rings. The molecule has 2 atom stereocenters. The molecule has 1 heterocycles. The predicted molar refractivity (Wildman–Crippen MR) is 91.6 cm³/mol. The van der Waals surface area contributed by atoms with Gasteiger partial charge in [0.15, 0.2) is 0 Å². The number of nitrogens with zero attached hydrogens (tertiary/aromatic N) is 2. The summed E-state index contributed by atoms with van der Waals surface area (Å²) in [5.74, 6) is 0.214. The Morgan fingerprint density at radius 1 is 1.41 bits per heavy atom. The molecule has 1 aromatic heterocycles. The number of carbonyl (C=O) groups is 1. The summed E-state index contributed by atoms with van der Waals surface area (Å²) in [4.78, 5) is 18.3. The second kappa shape index (κ2) is 7.61. The Kier molecular flexibility index (Phi) is 5.80. The molecule has 1 unspecified atom stereocenters. The molecule has 0 aliphatic rings. The van der Waals surface area contributed by atoms with E-state index in [1.807, 2.05) is 36.6 Å². The molecule has 0 bridgehead atoms. The maximum absolute atomic E-state index is 12.3. The Labute approximate surface area is 140 Å². The van der Waals surface area contributed by atoms with Crippen molar-refractivity contribution in [2.24, 2.45) is 0 Å². The van der Waals surface area contributed by atoms with E-state index in [-0.39, 0.29) is 18.0 Å². The highest BCUT2D eigenvalue weighted by Crippen LogP contribution is 2.23. The molecule has 0 aliphatic heterocycles. The third-order valence-corrected chi connectivity index (χ3v) is 4.83. The molecule has 0 spiro atoms. The van der Waals surface area contributed by atoms with Gasteiger partial charge in [0.25, 0.3) is 0 Å². The lowest BCUT2D eigenvalue weighted by Crippen LogP contribution is -2.40. The minimum atomic E-state index is -0.140. The molecule has 1 aromatic carbocycles. The normalized spacial score (nSPS) is 13.5. The Bertz CT molecular complexity index is 618. The molecule has 0 saturated heterocycles. The van der Waals surface area contributed by atoms with Crippen LogP contribution >= 0.6 is 22.9 Å². The number of benzene rings is 1. The van der Waals surface area contributed by atoms with Crippen LogP contribution in [0, 0.1) is 0 Å². The summed E-state index contributed by atoms with van der Waals surface area (Å²) in [5.41, 5.74) is 0.916. The SMILES string of the molecule is CC(CN(C)C(=O)N[C@H](C)c1ccccc1Cl)c1nccs1. The Morgan fingerprint density at radius 2 is 2.14 bits per heavy atom. The first-order chi connectivity index (χ1) is 10.5. The Hall–Kier alpha value is -1.59. The fraction of sp³-hybridized carbons (Fsp3) is 0.375. The zero-order valence-corrected chi connectivity index (χ0v) is 14.5. The van der Waals surface area contributed by atoms with Gasteiger partial charge < -0.3 is 10.2 Å². The zero-order valence-electron chi connectivity index (χ0n) is 12.9. The number of likely N-dealkylation sites (N-methyl/N-ethyl adjacent to an activating group) is 1. The first kappa shape index (κ1) is 16.8. The second-order valence-corrected chi connectivity index (χ2v) is 6.68. The zero-order chi connectivity index (χ0) is 16.1. The molecular formula is C16H20ClN3OS. The summed E-state index contributed by atoms with van der Waals surface area (Å²) in [6.45, 7) is 4.62. The fourth-order valence-electron chi connectivity index (χ4n) is 2.25. The quantitative estimate of drug-likeness (QED) is 0.884.